The zero-order chi connectivity index (χ0) is 15.6. The van der Waals surface area contributed by atoms with Crippen LogP contribution in [0.3, 0.4) is 0 Å². The lowest BCUT2D eigenvalue weighted by molar-refractivity contribution is 0.0698. The number of aryl methyl sites for hydroxylation is 3. The summed E-state index contributed by atoms with van der Waals surface area (Å²) in [6, 6.07) is 10.4. The van der Waals surface area contributed by atoms with Gasteiger partial charge in [-0.05, 0) is 44.5 Å². The maximum Gasteiger partial charge on any atom is 0.337 e. The molecule has 2 aromatic carbocycles. The Kier molecular flexibility index (Phi) is 4.08. The number of amides is 1. The van der Waals surface area contributed by atoms with Crippen molar-refractivity contribution in [2.45, 2.75) is 20.8 Å². The van der Waals surface area contributed by atoms with E-state index in [1.807, 2.05) is 32.9 Å². The standard InChI is InChI=1S/C17H17NO3/c1-10-4-6-13(12(3)8-10)16(19)18-15-7-5-11(2)9-14(15)17(20)21/h4-9H,1-3H3,(H,18,19)(H,20,21). The van der Waals surface area contributed by atoms with E-state index >= 15 is 0 Å². The molecule has 0 aliphatic heterocycles. The molecule has 0 saturated heterocycles. The molecule has 0 unspecified atom stereocenters. The predicted molar refractivity (Wildman–Crippen MR) is 82.0 cm³/mol. The topological polar surface area (TPSA) is 66.4 Å². The van der Waals surface area contributed by atoms with Gasteiger partial charge in [0.2, 0.25) is 0 Å². The third-order valence-corrected chi connectivity index (χ3v) is 3.28. The van der Waals surface area contributed by atoms with Crippen LogP contribution in [0.4, 0.5) is 5.69 Å². The highest BCUT2D eigenvalue weighted by Gasteiger charge is 2.15. The second-order valence-electron chi connectivity index (χ2n) is 5.13. The number of carbonyl (C=O) groups is 2. The Balaban J connectivity index is 2.34. The van der Waals surface area contributed by atoms with Crippen molar-refractivity contribution in [2.75, 3.05) is 5.32 Å². The fraction of sp³-hybridized carbons (Fsp3) is 0.176. The highest BCUT2D eigenvalue weighted by atomic mass is 16.4. The van der Waals surface area contributed by atoms with Crippen LogP contribution in [0.5, 0.6) is 0 Å². The van der Waals surface area contributed by atoms with Gasteiger partial charge in [-0.25, -0.2) is 4.79 Å². The maximum atomic E-state index is 12.3. The van der Waals surface area contributed by atoms with Gasteiger partial charge < -0.3 is 10.4 Å². The quantitative estimate of drug-likeness (QED) is 0.905. The number of anilines is 1. The third-order valence-electron chi connectivity index (χ3n) is 3.28. The molecule has 0 spiro atoms. The van der Waals surface area contributed by atoms with Crippen LogP contribution in [0, 0.1) is 20.8 Å². The molecule has 0 aliphatic carbocycles. The molecule has 21 heavy (non-hydrogen) atoms. The maximum absolute atomic E-state index is 12.3. The zero-order valence-electron chi connectivity index (χ0n) is 12.2. The van der Waals surface area contributed by atoms with E-state index in [2.05, 4.69) is 5.32 Å². The summed E-state index contributed by atoms with van der Waals surface area (Å²) in [5, 5.41) is 11.9. The fourth-order valence-corrected chi connectivity index (χ4v) is 2.20. The van der Waals surface area contributed by atoms with E-state index in [1.165, 1.54) is 0 Å². The summed E-state index contributed by atoms with van der Waals surface area (Å²) in [7, 11) is 0. The molecule has 0 saturated carbocycles. The second-order valence-corrected chi connectivity index (χ2v) is 5.13. The van der Waals surface area contributed by atoms with E-state index in [1.54, 1.807) is 24.3 Å². The molecule has 2 N–H and O–H groups in total. The van der Waals surface area contributed by atoms with Crippen molar-refractivity contribution in [3.63, 3.8) is 0 Å². The number of hydrogen-bond acceptors (Lipinski definition) is 2. The minimum absolute atomic E-state index is 0.0908. The summed E-state index contributed by atoms with van der Waals surface area (Å²) in [5.41, 5.74) is 3.70. The Hall–Kier alpha value is -2.62. The zero-order valence-corrected chi connectivity index (χ0v) is 12.2. The number of benzene rings is 2. The summed E-state index contributed by atoms with van der Waals surface area (Å²) in [6.45, 7) is 5.62. The van der Waals surface area contributed by atoms with Gasteiger partial charge in [0.15, 0.2) is 0 Å². The molecule has 0 radical (unpaired) electrons. The summed E-state index contributed by atoms with van der Waals surface area (Å²) in [6.07, 6.45) is 0. The molecule has 108 valence electrons. The van der Waals surface area contributed by atoms with Crippen LogP contribution in [0.1, 0.15) is 37.4 Å². The molecule has 0 atom stereocenters. The van der Waals surface area contributed by atoms with E-state index in [4.69, 9.17) is 0 Å². The molecule has 4 nitrogen and oxygen atoms in total. The number of nitrogens with one attached hydrogen (secondary N) is 1. The number of carboxylic acid groups (broad SMARTS) is 1. The molecule has 0 heterocycles. The number of aromatic carboxylic acids is 1. The second kappa shape index (κ2) is 5.79. The minimum atomic E-state index is -1.06. The van der Waals surface area contributed by atoms with Crippen LogP contribution in [0.25, 0.3) is 0 Å². The Labute approximate surface area is 123 Å². The number of carboxylic acids is 1. The lowest BCUT2D eigenvalue weighted by Gasteiger charge is -2.11. The van der Waals surface area contributed by atoms with Gasteiger partial charge in [-0.3, -0.25) is 4.79 Å². The Morgan fingerprint density at radius 2 is 1.52 bits per heavy atom. The van der Waals surface area contributed by atoms with Gasteiger partial charge in [-0.15, -0.1) is 0 Å². The predicted octanol–water partition coefficient (Wildman–Crippen LogP) is 3.56. The minimum Gasteiger partial charge on any atom is -0.478 e. The first-order chi connectivity index (χ1) is 9.88. The van der Waals surface area contributed by atoms with Crippen molar-refractivity contribution in [1.82, 2.24) is 0 Å². The van der Waals surface area contributed by atoms with Crippen molar-refractivity contribution in [3.8, 4) is 0 Å². The van der Waals surface area contributed by atoms with Crippen LogP contribution in [0.2, 0.25) is 0 Å². The van der Waals surface area contributed by atoms with Gasteiger partial charge >= 0.3 is 5.97 Å². The van der Waals surface area contributed by atoms with E-state index in [0.29, 0.717) is 11.3 Å². The molecule has 4 heteroatoms. The van der Waals surface area contributed by atoms with Crippen LogP contribution in [-0.4, -0.2) is 17.0 Å². The SMILES string of the molecule is Cc1ccc(C(=O)Nc2ccc(C)cc2C(=O)O)c(C)c1. The fourth-order valence-electron chi connectivity index (χ4n) is 2.20. The van der Waals surface area contributed by atoms with Gasteiger partial charge in [0.05, 0.1) is 11.3 Å². The Morgan fingerprint density at radius 1 is 0.905 bits per heavy atom. The van der Waals surface area contributed by atoms with Crippen molar-refractivity contribution in [2.24, 2.45) is 0 Å². The molecule has 0 fully saturated rings. The van der Waals surface area contributed by atoms with Crippen LogP contribution in [0.15, 0.2) is 36.4 Å². The largest absolute Gasteiger partial charge is 0.478 e. The lowest BCUT2D eigenvalue weighted by Crippen LogP contribution is -2.16. The van der Waals surface area contributed by atoms with E-state index in [9.17, 15) is 14.7 Å². The third kappa shape index (κ3) is 3.28. The number of carbonyl (C=O) groups excluding carboxylic acids is 1. The first-order valence-corrected chi connectivity index (χ1v) is 6.61. The first kappa shape index (κ1) is 14.8. The average molecular weight is 283 g/mol. The Morgan fingerprint density at radius 3 is 2.14 bits per heavy atom. The van der Waals surface area contributed by atoms with Gasteiger partial charge in [-0.1, -0.05) is 29.3 Å². The molecule has 0 aliphatic rings. The highest BCUT2D eigenvalue weighted by Crippen LogP contribution is 2.19. The van der Waals surface area contributed by atoms with Crippen LogP contribution in [-0.2, 0) is 0 Å². The smallest absolute Gasteiger partial charge is 0.337 e. The van der Waals surface area contributed by atoms with Crippen molar-refractivity contribution < 1.29 is 14.7 Å². The summed E-state index contributed by atoms with van der Waals surface area (Å²) in [4.78, 5) is 23.6. The molecule has 1 amide bonds. The van der Waals surface area contributed by atoms with Gasteiger partial charge in [0.1, 0.15) is 0 Å². The van der Waals surface area contributed by atoms with Crippen LogP contribution >= 0.6 is 0 Å². The molecule has 0 aromatic heterocycles. The van der Waals surface area contributed by atoms with Crippen molar-refractivity contribution in [1.29, 1.82) is 0 Å². The van der Waals surface area contributed by atoms with Crippen LogP contribution < -0.4 is 5.32 Å². The van der Waals surface area contributed by atoms with Gasteiger partial charge in [0, 0.05) is 5.56 Å². The van der Waals surface area contributed by atoms with E-state index < -0.39 is 5.97 Å². The summed E-state index contributed by atoms with van der Waals surface area (Å²) < 4.78 is 0. The van der Waals surface area contributed by atoms with Gasteiger partial charge in [-0.2, -0.15) is 0 Å². The Bertz CT molecular complexity index is 720. The number of rotatable bonds is 3. The monoisotopic (exact) mass is 283 g/mol. The molecule has 0 bridgehead atoms. The molecular weight excluding hydrogens is 266 g/mol. The number of hydrogen-bond donors (Lipinski definition) is 2. The molecule has 2 aromatic rings. The van der Waals surface area contributed by atoms with E-state index in [0.717, 1.165) is 16.7 Å². The summed E-state index contributed by atoms with van der Waals surface area (Å²) >= 11 is 0. The molecule has 2 rings (SSSR count). The lowest BCUT2D eigenvalue weighted by atomic mass is 10.0. The highest BCUT2D eigenvalue weighted by molar-refractivity contribution is 6.08. The van der Waals surface area contributed by atoms with E-state index in [-0.39, 0.29) is 11.5 Å². The van der Waals surface area contributed by atoms with Crippen molar-refractivity contribution in [3.05, 3.63) is 64.2 Å². The normalized spacial score (nSPS) is 10.2. The average Bonchev–Trinajstić information content (AvgIpc) is 2.40. The first-order valence-electron chi connectivity index (χ1n) is 6.61. The molecular formula is C17H17NO3. The van der Waals surface area contributed by atoms with Gasteiger partial charge in [0.25, 0.3) is 5.91 Å². The summed E-state index contributed by atoms with van der Waals surface area (Å²) in [5.74, 6) is -1.37. The van der Waals surface area contributed by atoms with Crippen molar-refractivity contribution >= 4 is 17.6 Å².